The summed E-state index contributed by atoms with van der Waals surface area (Å²) in [7, 11) is -4.02. The SMILES string of the molecule is CC[C@H](C(=O)NC1CCCC1)N(Cc1ccc(Cl)c(Cl)c1)C(=O)CN(c1cccc([N+](=O)[O-])c1)S(C)(=O)=O. The van der Waals surface area contributed by atoms with Crippen LogP contribution in [0.15, 0.2) is 42.5 Å². The molecule has 0 radical (unpaired) electrons. The predicted molar refractivity (Wildman–Crippen MR) is 147 cm³/mol. The van der Waals surface area contributed by atoms with Gasteiger partial charge in [0.1, 0.15) is 12.6 Å². The second-order valence-corrected chi connectivity index (χ2v) is 12.0. The number of hydrogen-bond donors (Lipinski definition) is 1. The van der Waals surface area contributed by atoms with Crippen molar-refractivity contribution in [3.63, 3.8) is 0 Å². The van der Waals surface area contributed by atoms with Crippen LogP contribution in [0.5, 0.6) is 0 Å². The number of sulfonamides is 1. The van der Waals surface area contributed by atoms with Crippen LogP contribution in [0.2, 0.25) is 10.0 Å². The Morgan fingerprint density at radius 3 is 2.39 bits per heavy atom. The van der Waals surface area contributed by atoms with E-state index in [4.69, 9.17) is 23.2 Å². The normalized spacial score (nSPS) is 14.6. The van der Waals surface area contributed by atoms with E-state index in [9.17, 15) is 28.1 Å². The van der Waals surface area contributed by atoms with Crippen molar-refractivity contribution < 1.29 is 22.9 Å². The fourth-order valence-electron chi connectivity index (χ4n) is 4.50. The van der Waals surface area contributed by atoms with Crippen LogP contribution in [0, 0.1) is 10.1 Å². The summed E-state index contributed by atoms with van der Waals surface area (Å²) in [4.78, 5) is 39.0. The molecule has 2 amide bonds. The number of nitro groups is 1. The van der Waals surface area contributed by atoms with Crippen LogP contribution in [0.1, 0.15) is 44.6 Å². The lowest BCUT2D eigenvalue weighted by Gasteiger charge is -2.33. The fraction of sp³-hybridized carbons (Fsp3) is 0.440. The topological polar surface area (TPSA) is 130 Å². The van der Waals surface area contributed by atoms with Crippen LogP contribution >= 0.6 is 23.2 Å². The number of nitrogens with zero attached hydrogens (tertiary/aromatic N) is 3. The lowest BCUT2D eigenvalue weighted by atomic mass is 10.1. The van der Waals surface area contributed by atoms with Crippen molar-refractivity contribution in [1.29, 1.82) is 0 Å². The molecule has 2 aromatic carbocycles. The Labute approximate surface area is 232 Å². The van der Waals surface area contributed by atoms with Gasteiger partial charge in [0.25, 0.3) is 5.69 Å². The number of hydrogen-bond acceptors (Lipinski definition) is 6. The summed E-state index contributed by atoms with van der Waals surface area (Å²) >= 11 is 12.2. The molecule has 0 aromatic heterocycles. The fourth-order valence-corrected chi connectivity index (χ4v) is 5.66. The second-order valence-electron chi connectivity index (χ2n) is 9.23. The van der Waals surface area contributed by atoms with Gasteiger partial charge in [-0.2, -0.15) is 0 Å². The first kappa shape index (κ1) is 29.7. The third-order valence-electron chi connectivity index (χ3n) is 6.43. The van der Waals surface area contributed by atoms with Gasteiger partial charge in [-0.25, -0.2) is 8.42 Å². The van der Waals surface area contributed by atoms with Gasteiger partial charge in [0.2, 0.25) is 21.8 Å². The van der Waals surface area contributed by atoms with E-state index in [1.54, 1.807) is 25.1 Å². The maximum absolute atomic E-state index is 13.7. The first-order valence-corrected chi connectivity index (χ1v) is 14.8. The number of benzene rings is 2. The van der Waals surface area contributed by atoms with Crippen molar-refractivity contribution >= 4 is 56.4 Å². The van der Waals surface area contributed by atoms with Crippen LogP contribution < -0.4 is 9.62 Å². The zero-order chi connectivity index (χ0) is 28.0. The molecular formula is C25H30Cl2N4O6S. The molecule has 0 bridgehead atoms. The van der Waals surface area contributed by atoms with Crippen LogP contribution in [-0.2, 0) is 26.2 Å². The van der Waals surface area contributed by atoms with E-state index in [0.29, 0.717) is 10.6 Å². The Kier molecular flexibility index (Phi) is 9.97. The van der Waals surface area contributed by atoms with E-state index in [-0.39, 0.29) is 41.3 Å². The minimum absolute atomic E-state index is 0.0239. The predicted octanol–water partition coefficient (Wildman–Crippen LogP) is 4.53. The van der Waals surface area contributed by atoms with Crippen molar-refractivity contribution in [2.75, 3.05) is 17.1 Å². The van der Waals surface area contributed by atoms with Crippen LogP contribution in [-0.4, -0.2) is 54.9 Å². The summed E-state index contributed by atoms with van der Waals surface area (Å²) in [5, 5.41) is 14.9. The summed E-state index contributed by atoms with van der Waals surface area (Å²) in [6, 6.07) is 8.99. The number of nitro benzene ring substituents is 1. The van der Waals surface area contributed by atoms with Crippen molar-refractivity contribution in [3.8, 4) is 0 Å². The molecule has 1 atom stereocenters. The van der Waals surface area contributed by atoms with E-state index < -0.39 is 33.4 Å². The number of anilines is 1. The van der Waals surface area contributed by atoms with Crippen molar-refractivity contribution in [2.45, 2.75) is 57.7 Å². The second kappa shape index (κ2) is 12.8. The Morgan fingerprint density at radius 1 is 1.13 bits per heavy atom. The summed E-state index contributed by atoms with van der Waals surface area (Å²) in [5.41, 5.74) is 0.243. The number of amides is 2. The molecule has 0 aliphatic heterocycles. The highest BCUT2D eigenvalue weighted by Gasteiger charge is 2.33. The number of rotatable bonds is 11. The van der Waals surface area contributed by atoms with Gasteiger partial charge >= 0.3 is 0 Å². The molecule has 13 heteroatoms. The first-order chi connectivity index (χ1) is 17.9. The number of carbonyl (C=O) groups excluding carboxylic acids is 2. The molecule has 2 aromatic rings. The van der Waals surface area contributed by atoms with Gasteiger partial charge in [0.15, 0.2) is 0 Å². The Balaban J connectivity index is 1.96. The van der Waals surface area contributed by atoms with E-state index >= 15 is 0 Å². The Morgan fingerprint density at radius 2 is 1.82 bits per heavy atom. The van der Waals surface area contributed by atoms with Gasteiger partial charge in [0, 0.05) is 24.7 Å². The molecule has 0 unspecified atom stereocenters. The molecule has 1 saturated carbocycles. The summed E-state index contributed by atoms with van der Waals surface area (Å²) < 4.78 is 26.2. The zero-order valence-corrected chi connectivity index (χ0v) is 23.4. The lowest BCUT2D eigenvalue weighted by molar-refractivity contribution is -0.384. The first-order valence-electron chi connectivity index (χ1n) is 12.2. The highest BCUT2D eigenvalue weighted by Crippen LogP contribution is 2.26. The molecule has 0 saturated heterocycles. The number of non-ortho nitro benzene ring substituents is 1. The molecule has 206 valence electrons. The van der Waals surface area contributed by atoms with Gasteiger partial charge < -0.3 is 10.2 Å². The largest absolute Gasteiger partial charge is 0.352 e. The average molecular weight is 586 g/mol. The van der Waals surface area contributed by atoms with Gasteiger partial charge in [-0.15, -0.1) is 0 Å². The minimum atomic E-state index is -4.02. The smallest absolute Gasteiger partial charge is 0.271 e. The monoisotopic (exact) mass is 584 g/mol. The van der Waals surface area contributed by atoms with Crippen LogP contribution in [0.3, 0.4) is 0 Å². The molecule has 10 nitrogen and oxygen atoms in total. The van der Waals surface area contributed by atoms with Gasteiger partial charge in [-0.3, -0.25) is 24.0 Å². The van der Waals surface area contributed by atoms with Crippen molar-refractivity contribution in [3.05, 3.63) is 68.2 Å². The van der Waals surface area contributed by atoms with E-state index in [0.717, 1.165) is 42.3 Å². The van der Waals surface area contributed by atoms with Gasteiger partial charge in [-0.05, 0) is 43.0 Å². The van der Waals surface area contributed by atoms with E-state index in [1.807, 2.05) is 0 Å². The molecule has 1 aliphatic carbocycles. The maximum Gasteiger partial charge on any atom is 0.271 e. The molecule has 3 rings (SSSR count). The zero-order valence-electron chi connectivity index (χ0n) is 21.1. The third-order valence-corrected chi connectivity index (χ3v) is 8.31. The highest BCUT2D eigenvalue weighted by atomic mass is 35.5. The van der Waals surface area contributed by atoms with Crippen molar-refractivity contribution in [2.24, 2.45) is 0 Å². The van der Waals surface area contributed by atoms with E-state index in [1.165, 1.54) is 23.1 Å². The van der Waals surface area contributed by atoms with Crippen LogP contribution in [0.4, 0.5) is 11.4 Å². The van der Waals surface area contributed by atoms with Crippen LogP contribution in [0.25, 0.3) is 0 Å². The summed E-state index contributed by atoms with van der Waals surface area (Å²) in [6.07, 6.45) is 4.93. The molecule has 38 heavy (non-hydrogen) atoms. The summed E-state index contributed by atoms with van der Waals surface area (Å²) in [5.74, 6) is -0.976. The number of carbonyl (C=O) groups is 2. The highest BCUT2D eigenvalue weighted by molar-refractivity contribution is 7.92. The number of nitrogens with one attached hydrogen (secondary N) is 1. The maximum atomic E-state index is 13.7. The Hall–Kier alpha value is -2.89. The molecule has 1 aliphatic rings. The molecule has 0 spiro atoms. The molecule has 1 fully saturated rings. The third kappa shape index (κ3) is 7.58. The lowest BCUT2D eigenvalue weighted by Crippen LogP contribution is -2.53. The van der Waals surface area contributed by atoms with E-state index in [2.05, 4.69) is 5.32 Å². The minimum Gasteiger partial charge on any atom is -0.352 e. The number of halogens is 2. The quantitative estimate of drug-likeness (QED) is 0.305. The standard InChI is InChI=1S/C25H30Cl2N4O6S/c1-3-23(25(33)28-18-7-4-5-8-18)29(15-17-11-12-21(26)22(27)13-17)24(32)16-30(38(2,36)37)19-9-6-10-20(14-19)31(34)35/h6,9-14,18,23H,3-5,7-8,15-16H2,1-2H3,(H,28,33)/t23-/m1/s1. The molecule has 1 N–H and O–H groups in total. The van der Waals surface area contributed by atoms with Gasteiger partial charge in [0.05, 0.1) is 26.9 Å². The average Bonchev–Trinajstić information content (AvgIpc) is 3.36. The Bertz CT molecular complexity index is 1300. The van der Waals surface area contributed by atoms with Gasteiger partial charge in [-0.1, -0.05) is 55.1 Å². The molecule has 0 heterocycles. The summed E-state index contributed by atoms with van der Waals surface area (Å²) in [6.45, 7) is 1.08. The molecular weight excluding hydrogens is 555 g/mol. The van der Waals surface area contributed by atoms with Crippen molar-refractivity contribution in [1.82, 2.24) is 10.2 Å².